The van der Waals surface area contributed by atoms with Crippen LogP contribution < -0.4 is 0 Å². The highest BCUT2D eigenvalue weighted by atomic mass is 16.5. The molecule has 1 amide bonds. The average molecular weight is 357 g/mol. The van der Waals surface area contributed by atoms with Gasteiger partial charge in [-0.2, -0.15) is 9.61 Å². The highest BCUT2D eigenvalue weighted by Crippen LogP contribution is 2.29. The fourth-order valence-corrected chi connectivity index (χ4v) is 3.79. The second-order valence-electron chi connectivity index (χ2n) is 8.40. The Bertz CT molecular complexity index is 796. The normalized spacial score (nSPS) is 22.3. The van der Waals surface area contributed by atoms with Gasteiger partial charge in [0.15, 0.2) is 11.5 Å². The SMILES string of the molecule is CC(C)(C)c1ccc2nnc(C3CCN(C(=O)C4CCCO4)CC3)n2n1. The molecule has 2 saturated heterocycles. The molecule has 2 aliphatic rings. The zero-order valence-corrected chi connectivity index (χ0v) is 15.8. The largest absolute Gasteiger partial charge is 0.368 e. The van der Waals surface area contributed by atoms with Crippen LogP contribution in [0.15, 0.2) is 12.1 Å². The molecule has 2 aromatic heterocycles. The molecule has 4 heterocycles. The van der Waals surface area contributed by atoms with Gasteiger partial charge in [-0.15, -0.1) is 10.2 Å². The predicted molar refractivity (Wildman–Crippen MR) is 97.0 cm³/mol. The van der Waals surface area contributed by atoms with Crippen molar-refractivity contribution in [3.63, 3.8) is 0 Å². The monoisotopic (exact) mass is 357 g/mol. The van der Waals surface area contributed by atoms with Crippen LogP contribution in [-0.2, 0) is 14.9 Å². The van der Waals surface area contributed by atoms with Crippen molar-refractivity contribution in [2.24, 2.45) is 0 Å². The first-order valence-corrected chi connectivity index (χ1v) is 9.57. The molecule has 0 saturated carbocycles. The van der Waals surface area contributed by atoms with Crippen LogP contribution in [-0.4, -0.2) is 56.4 Å². The van der Waals surface area contributed by atoms with Crippen molar-refractivity contribution in [2.75, 3.05) is 19.7 Å². The van der Waals surface area contributed by atoms with Crippen LogP contribution in [0.25, 0.3) is 5.65 Å². The summed E-state index contributed by atoms with van der Waals surface area (Å²) in [5.74, 6) is 1.34. The summed E-state index contributed by atoms with van der Waals surface area (Å²) in [5.41, 5.74) is 1.79. The molecule has 1 unspecified atom stereocenters. The lowest BCUT2D eigenvalue weighted by atomic mass is 9.92. The Kier molecular flexibility index (Phi) is 4.42. The molecular weight excluding hydrogens is 330 g/mol. The minimum absolute atomic E-state index is 0.0210. The minimum atomic E-state index is -0.225. The fraction of sp³-hybridized carbons (Fsp3) is 0.684. The molecular formula is C19H27N5O2. The van der Waals surface area contributed by atoms with E-state index in [2.05, 4.69) is 31.0 Å². The summed E-state index contributed by atoms with van der Waals surface area (Å²) in [7, 11) is 0. The first-order valence-electron chi connectivity index (χ1n) is 9.57. The number of hydrogen-bond acceptors (Lipinski definition) is 5. The number of likely N-dealkylation sites (tertiary alicyclic amines) is 1. The van der Waals surface area contributed by atoms with E-state index in [1.165, 1.54) is 0 Å². The highest BCUT2D eigenvalue weighted by Gasteiger charge is 2.32. The molecule has 2 fully saturated rings. The van der Waals surface area contributed by atoms with Crippen molar-refractivity contribution >= 4 is 11.6 Å². The van der Waals surface area contributed by atoms with Crippen LogP contribution >= 0.6 is 0 Å². The molecule has 0 radical (unpaired) electrons. The standard InChI is InChI=1S/C19H27N5O2/c1-19(2,3)15-6-7-16-20-21-17(24(16)22-15)13-8-10-23(11-9-13)18(25)14-5-4-12-26-14/h6-7,13-14H,4-5,8-12H2,1-3H3. The summed E-state index contributed by atoms with van der Waals surface area (Å²) in [4.78, 5) is 14.5. The average Bonchev–Trinajstić information content (AvgIpc) is 3.30. The Hall–Kier alpha value is -2.02. The topological polar surface area (TPSA) is 72.6 Å². The number of carbonyl (C=O) groups is 1. The maximum Gasteiger partial charge on any atom is 0.251 e. The number of aromatic nitrogens is 4. The van der Waals surface area contributed by atoms with Crippen molar-refractivity contribution in [1.29, 1.82) is 0 Å². The van der Waals surface area contributed by atoms with E-state index in [1.807, 2.05) is 21.5 Å². The summed E-state index contributed by atoms with van der Waals surface area (Å²) >= 11 is 0. The van der Waals surface area contributed by atoms with E-state index in [-0.39, 0.29) is 23.3 Å². The van der Waals surface area contributed by atoms with Crippen molar-refractivity contribution in [1.82, 2.24) is 24.7 Å². The zero-order chi connectivity index (χ0) is 18.3. The third-order valence-corrected chi connectivity index (χ3v) is 5.43. The molecule has 0 spiro atoms. The van der Waals surface area contributed by atoms with Gasteiger partial charge in [0, 0.05) is 31.0 Å². The summed E-state index contributed by atoms with van der Waals surface area (Å²) in [6, 6.07) is 4.01. The number of hydrogen-bond donors (Lipinski definition) is 0. The van der Waals surface area contributed by atoms with Gasteiger partial charge in [-0.1, -0.05) is 20.8 Å². The van der Waals surface area contributed by atoms with E-state index in [1.54, 1.807) is 0 Å². The van der Waals surface area contributed by atoms with Crippen LogP contribution in [0.3, 0.4) is 0 Å². The molecule has 7 nitrogen and oxygen atoms in total. The van der Waals surface area contributed by atoms with Gasteiger partial charge in [0.05, 0.1) is 5.69 Å². The Morgan fingerprint density at radius 1 is 1.15 bits per heavy atom. The lowest BCUT2D eigenvalue weighted by Crippen LogP contribution is -2.43. The number of ether oxygens (including phenoxy) is 1. The number of carbonyl (C=O) groups excluding carboxylic acids is 1. The maximum atomic E-state index is 12.5. The molecule has 26 heavy (non-hydrogen) atoms. The predicted octanol–water partition coefficient (Wildman–Crippen LogP) is 2.31. The van der Waals surface area contributed by atoms with Crippen molar-refractivity contribution in [3.8, 4) is 0 Å². The van der Waals surface area contributed by atoms with Gasteiger partial charge < -0.3 is 9.64 Å². The van der Waals surface area contributed by atoms with Gasteiger partial charge >= 0.3 is 0 Å². The summed E-state index contributed by atoms with van der Waals surface area (Å²) < 4.78 is 7.43. The number of nitrogens with zero attached hydrogens (tertiary/aromatic N) is 5. The molecule has 4 rings (SSSR count). The lowest BCUT2D eigenvalue weighted by Gasteiger charge is -2.32. The van der Waals surface area contributed by atoms with E-state index >= 15 is 0 Å². The van der Waals surface area contributed by atoms with E-state index in [0.717, 1.165) is 55.9 Å². The molecule has 0 aliphatic carbocycles. The maximum absolute atomic E-state index is 12.5. The van der Waals surface area contributed by atoms with Gasteiger partial charge in [-0.3, -0.25) is 4.79 Å². The first kappa shape index (κ1) is 17.4. The first-order chi connectivity index (χ1) is 12.4. The molecule has 7 heteroatoms. The fourth-order valence-electron chi connectivity index (χ4n) is 3.79. The molecule has 140 valence electrons. The molecule has 2 aromatic rings. The van der Waals surface area contributed by atoms with Crippen LogP contribution in [0.2, 0.25) is 0 Å². The number of amides is 1. The van der Waals surface area contributed by atoms with Crippen LogP contribution in [0.4, 0.5) is 0 Å². The van der Waals surface area contributed by atoms with Crippen LogP contribution in [0, 0.1) is 0 Å². The number of fused-ring (bicyclic) bond motifs is 1. The lowest BCUT2D eigenvalue weighted by molar-refractivity contribution is -0.142. The third-order valence-electron chi connectivity index (χ3n) is 5.43. The van der Waals surface area contributed by atoms with E-state index in [4.69, 9.17) is 9.84 Å². The third kappa shape index (κ3) is 3.20. The van der Waals surface area contributed by atoms with Crippen LogP contribution in [0.1, 0.15) is 63.9 Å². The Labute approximate surface area is 153 Å². The molecule has 0 bridgehead atoms. The Balaban J connectivity index is 1.49. The van der Waals surface area contributed by atoms with E-state index in [9.17, 15) is 4.79 Å². The number of rotatable bonds is 2. The molecule has 1 atom stereocenters. The van der Waals surface area contributed by atoms with E-state index in [0.29, 0.717) is 6.61 Å². The summed E-state index contributed by atoms with van der Waals surface area (Å²) in [6.07, 6.45) is 3.39. The van der Waals surface area contributed by atoms with Gasteiger partial charge in [0.1, 0.15) is 6.10 Å². The smallest absolute Gasteiger partial charge is 0.251 e. The molecule has 2 aliphatic heterocycles. The second-order valence-corrected chi connectivity index (χ2v) is 8.40. The highest BCUT2D eigenvalue weighted by molar-refractivity contribution is 5.81. The number of piperidine rings is 1. The molecule has 0 N–H and O–H groups in total. The quantitative estimate of drug-likeness (QED) is 0.825. The van der Waals surface area contributed by atoms with Gasteiger partial charge in [0.2, 0.25) is 0 Å². The summed E-state index contributed by atoms with van der Waals surface area (Å²) in [5, 5.41) is 13.5. The Morgan fingerprint density at radius 2 is 1.92 bits per heavy atom. The summed E-state index contributed by atoms with van der Waals surface area (Å²) in [6.45, 7) is 8.66. The van der Waals surface area contributed by atoms with Gasteiger partial charge in [0.25, 0.3) is 5.91 Å². The minimum Gasteiger partial charge on any atom is -0.368 e. The van der Waals surface area contributed by atoms with Gasteiger partial charge in [-0.05, 0) is 37.8 Å². The second kappa shape index (κ2) is 6.61. The Morgan fingerprint density at radius 3 is 2.58 bits per heavy atom. The van der Waals surface area contributed by atoms with Crippen molar-refractivity contribution in [3.05, 3.63) is 23.7 Å². The zero-order valence-electron chi connectivity index (χ0n) is 15.8. The van der Waals surface area contributed by atoms with Crippen LogP contribution in [0.5, 0.6) is 0 Å². The van der Waals surface area contributed by atoms with Crippen molar-refractivity contribution < 1.29 is 9.53 Å². The van der Waals surface area contributed by atoms with Crippen molar-refractivity contribution in [2.45, 2.75) is 63.9 Å². The van der Waals surface area contributed by atoms with E-state index < -0.39 is 0 Å². The molecule has 0 aromatic carbocycles. The van der Waals surface area contributed by atoms with Gasteiger partial charge in [-0.25, -0.2) is 0 Å².